The van der Waals surface area contributed by atoms with Crippen molar-refractivity contribution in [3.05, 3.63) is 69.8 Å². The van der Waals surface area contributed by atoms with Gasteiger partial charge in [-0.3, -0.25) is 10.1 Å². The molecule has 104 valence electrons. The summed E-state index contributed by atoms with van der Waals surface area (Å²) >= 11 is 0. The van der Waals surface area contributed by atoms with Crippen LogP contribution in [-0.2, 0) is 0 Å². The molecule has 5 heteroatoms. The molecule has 5 nitrogen and oxygen atoms in total. The molecule has 0 bridgehead atoms. The largest absolute Gasteiger partial charge is 0.394 e. The highest BCUT2D eigenvalue weighted by Gasteiger charge is 2.19. The fourth-order valence-electron chi connectivity index (χ4n) is 2.09. The molecule has 0 aliphatic rings. The van der Waals surface area contributed by atoms with Gasteiger partial charge in [-0.15, -0.1) is 0 Å². The third-order valence-electron chi connectivity index (χ3n) is 3.15. The number of nitro benzene ring substituents is 1. The molecule has 2 aromatic carbocycles. The molecule has 0 radical (unpaired) electrons. The van der Waals surface area contributed by atoms with Crippen molar-refractivity contribution in [3.63, 3.8) is 0 Å². The average molecular weight is 272 g/mol. The number of hydrogen-bond acceptors (Lipinski definition) is 4. The van der Waals surface area contributed by atoms with Crippen LogP contribution in [0.25, 0.3) is 0 Å². The van der Waals surface area contributed by atoms with Gasteiger partial charge in [0, 0.05) is 6.07 Å². The van der Waals surface area contributed by atoms with E-state index < -0.39 is 4.92 Å². The van der Waals surface area contributed by atoms with Crippen molar-refractivity contribution in [3.8, 4) is 0 Å². The minimum absolute atomic E-state index is 0.0133. The molecule has 0 heterocycles. The number of benzene rings is 2. The number of rotatable bonds is 5. The van der Waals surface area contributed by atoms with Crippen molar-refractivity contribution in [1.29, 1.82) is 0 Å². The van der Waals surface area contributed by atoms with Crippen molar-refractivity contribution in [2.75, 3.05) is 11.9 Å². The molecule has 0 aliphatic carbocycles. The lowest BCUT2D eigenvalue weighted by molar-refractivity contribution is -0.384. The van der Waals surface area contributed by atoms with Crippen LogP contribution in [0.5, 0.6) is 0 Å². The van der Waals surface area contributed by atoms with Gasteiger partial charge in [0.25, 0.3) is 5.69 Å². The first-order chi connectivity index (χ1) is 9.63. The number of hydrogen-bond donors (Lipinski definition) is 2. The normalized spacial score (nSPS) is 11.9. The first kappa shape index (κ1) is 14.0. The lowest BCUT2D eigenvalue weighted by Gasteiger charge is -2.19. The Labute approximate surface area is 117 Å². The van der Waals surface area contributed by atoms with Gasteiger partial charge < -0.3 is 10.4 Å². The van der Waals surface area contributed by atoms with Crippen molar-refractivity contribution in [2.45, 2.75) is 13.0 Å². The highest BCUT2D eigenvalue weighted by atomic mass is 16.6. The van der Waals surface area contributed by atoms with Crippen LogP contribution in [0.4, 0.5) is 11.4 Å². The zero-order valence-corrected chi connectivity index (χ0v) is 11.1. The average Bonchev–Trinajstić information content (AvgIpc) is 2.46. The molecule has 2 N–H and O–H groups in total. The van der Waals surface area contributed by atoms with Gasteiger partial charge in [-0.2, -0.15) is 0 Å². The number of anilines is 1. The summed E-state index contributed by atoms with van der Waals surface area (Å²) in [4.78, 5) is 10.7. The molecule has 0 amide bonds. The van der Waals surface area contributed by atoms with Gasteiger partial charge in [-0.05, 0) is 18.1 Å². The highest BCUT2D eigenvalue weighted by molar-refractivity contribution is 5.66. The van der Waals surface area contributed by atoms with E-state index in [0.717, 1.165) is 11.1 Å². The third kappa shape index (κ3) is 2.95. The van der Waals surface area contributed by atoms with Crippen LogP contribution in [0.3, 0.4) is 0 Å². The first-order valence-electron chi connectivity index (χ1n) is 6.30. The smallest absolute Gasteiger partial charge is 0.292 e. The van der Waals surface area contributed by atoms with Gasteiger partial charge in [-0.1, -0.05) is 42.5 Å². The fraction of sp³-hybridized carbons (Fsp3) is 0.200. The Balaban J connectivity index is 2.35. The Morgan fingerprint density at radius 2 is 1.90 bits per heavy atom. The summed E-state index contributed by atoms with van der Waals surface area (Å²) in [7, 11) is 0. The molecule has 2 aromatic rings. The maximum absolute atomic E-state index is 11.1. The minimum Gasteiger partial charge on any atom is -0.394 e. The van der Waals surface area contributed by atoms with Gasteiger partial charge >= 0.3 is 0 Å². The topological polar surface area (TPSA) is 75.4 Å². The van der Waals surface area contributed by atoms with E-state index in [2.05, 4.69) is 5.32 Å². The SMILES string of the molecule is Cc1cccc([N+](=O)[O-])c1NC(CO)c1ccccc1. The zero-order valence-electron chi connectivity index (χ0n) is 11.1. The number of aryl methyl sites for hydroxylation is 1. The lowest BCUT2D eigenvalue weighted by atomic mass is 10.1. The second-order valence-corrected chi connectivity index (χ2v) is 4.52. The highest BCUT2D eigenvalue weighted by Crippen LogP contribution is 2.31. The standard InChI is InChI=1S/C15H16N2O3/c1-11-6-5-9-14(17(19)20)15(11)16-13(10-18)12-7-3-2-4-8-12/h2-9,13,16,18H,10H2,1H3. The summed E-state index contributed by atoms with van der Waals surface area (Å²) in [5.41, 5.74) is 2.11. The molecular formula is C15H16N2O3. The van der Waals surface area contributed by atoms with E-state index in [1.54, 1.807) is 19.1 Å². The van der Waals surface area contributed by atoms with Gasteiger partial charge in [-0.25, -0.2) is 0 Å². The predicted octanol–water partition coefficient (Wildman–Crippen LogP) is 3.05. The fourth-order valence-corrected chi connectivity index (χ4v) is 2.09. The molecule has 0 fully saturated rings. The van der Waals surface area contributed by atoms with E-state index in [9.17, 15) is 15.2 Å². The van der Waals surface area contributed by atoms with Crippen LogP contribution in [0.2, 0.25) is 0 Å². The van der Waals surface area contributed by atoms with E-state index >= 15 is 0 Å². The summed E-state index contributed by atoms with van der Waals surface area (Å²) in [5.74, 6) is 0. The Morgan fingerprint density at radius 1 is 1.20 bits per heavy atom. The van der Waals surface area contributed by atoms with E-state index in [0.29, 0.717) is 5.69 Å². The zero-order chi connectivity index (χ0) is 14.5. The van der Waals surface area contributed by atoms with Crippen molar-refractivity contribution < 1.29 is 10.0 Å². The molecule has 0 aliphatic heterocycles. The van der Waals surface area contributed by atoms with Crippen molar-refractivity contribution in [1.82, 2.24) is 0 Å². The van der Waals surface area contributed by atoms with Crippen molar-refractivity contribution >= 4 is 11.4 Å². The predicted molar refractivity (Wildman–Crippen MR) is 77.7 cm³/mol. The molecule has 1 atom stereocenters. The van der Waals surface area contributed by atoms with Crippen LogP contribution in [0.15, 0.2) is 48.5 Å². The number of nitro groups is 1. The molecule has 0 aromatic heterocycles. The second kappa shape index (κ2) is 6.16. The monoisotopic (exact) mass is 272 g/mol. The van der Waals surface area contributed by atoms with E-state index in [1.807, 2.05) is 30.3 Å². The Hall–Kier alpha value is -2.40. The number of para-hydroxylation sites is 1. The van der Waals surface area contributed by atoms with E-state index in [-0.39, 0.29) is 18.3 Å². The quantitative estimate of drug-likeness (QED) is 0.648. The van der Waals surface area contributed by atoms with Crippen LogP contribution >= 0.6 is 0 Å². The molecule has 20 heavy (non-hydrogen) atoms. The molecule has 0 saturated heterocycles. The van der Waals surface area contributed by atoms with Crippen LogP contribution in [-0.4, -0.2) is 16.6 Å². The maximum Gasteiger partial charge on any atom is 0.292 e. The number of nitrogens with one attached hydrogen (secondary N) is 1. The lowest BCUT2D eigenvalue weighted by Crippen LogP contribution is -2.16. The Bertz CT molecular complexity index is 599. The molecular weight excluding hydrogens is 256 g/mol. The minimum atomic E-state index is -0.422. The van der Waals surface area contributed by atoms with E-state index in [4.69, 9.17) is 0 Å². The summed E-state index contributed by atoms with van der Waals surface area (Å²) < 4.78 is 0. The van der Waals surface area contributed by atoms with Crippen LogP contribution < -0.4 is 5.32 Å². The van der Waals surface area contributed by atoms with E-state index in [1.165, 1.54) is 6.07 Å². The molecule has 1 unspecified atom stereocenters. The maximum atomic E-state index is 11.1. The van der Waals surface area contributed by atoms with Crippen LogP contribution in [0.1, 0.15) is 17.2 Å². The Morgan fingerprint density at radius 3 is 2.50 bits per heavy atom. The van der Waals surface area contributed by atoms with Gasteiger partial charge in [0.05, 0.1) is 17.6 Å². The molecule has 0 saturated carbocycles. The van der Waals surface area contributed by atoms with Gasteiger partial charge in [0.15, 0.2) is 0 Å². The Kier molecular flexibility index (Phi) is 4.32. The third-order valence-corrected chi connectivity index (χ3v) is 3.15. The summed E-state index contributed by atoms with van der Waals surface area (Å²) in [6.45, 7) is 1.66. The first-order valence-corrected chi connectivity index (χ1v) is 6.30. The molecule has 0 spiro atoms. The van der Waals surface area contributed by atoms with Crippen molar-refractivity contribution in [2.24, 2.45) is 0 Å². The number of nitrogens with zero attached hydrogens (tertiary/aromatic N) is 1. The summed E-state index contributed by atoms with van der Waals surface area (Å²) in [6.07, 6.45) is 0. The molecule has 2 rings (SSSR count). The second-order valence-electron chi connectivity index (χ2n) is 4.52. The number of aliphatic hydroxyl groups is 1. The van der Waals surface area contributed by atoms with Gasteiger partial charge in [0.2, 0.25) is 0 Å². The number of aliphatic hydroxyl groups excluding tert-OH is 1. The summed E-state index contributed by atoms with van der Waals surface area (Å²) in [6, 6.07) is 13.9. The summed E-state index contributed by atoms with van der Waals surface area (Å²) in [5, 5.41) is 23.7. The van der Waals surface area contributed by atoms with Crippen LogP contribution in [0, 0.1) is 17.0 Å². The van der Waals surface area contributed by atoms with Gasteiger partial charge in [0.1, 0.15) is 5.69 Å².